The molecule has 0 saturated carbocycles. The van der Waals surface area contributed by atoms with Gasteiger partial charge in [-0.1, -0.05) is 23.7 Å². The van der Waals surface area contributed by atoms with E-state index in [2.05, 4.69) is 10.2 Å². The lowest BCUT2D eigenvalue weighted by Crippen LogP contribution is -2.52. The van der Waals surface area contributed by atoms with Crippen LogP contribution < -0.4 is 10.2 Å². The van der Waals surface area contributed by atoms with Crippen molar-refractivity contribution in [1.82, 2.24) is 10.2 Å². The molecule has 7 nitrogen and oxygen atoms in total. The number of carbonyl (C=O) groups is 1. The Morgan fingerprint density at radius 3 is 2.50 bits per heavy atom. The van der Waals surface area contributed by atoms with Crippen molar-refractivity contribution in [3.8, 4) is 0 Å². The maximum absolute atomic E-state index is 12.5. The Hall–Kier alpha value is -2.71. The molecule has 0 unspecified atom stereocenters. The van der Waals surface area contributed by atoms with Crippen LogP contribution in [0.2, 0.25) is 5.02 Å². The van der Waals surface area contributed by atoms with Gasteiger partial charge < -0.3 is 9.80 Å². The zero-order valence-electron chi connectivity index (χ0n) is 15.2. The summed E-state index contributed by atoms with van der Waals surface area (Å²) < 4.78 is 0. The SMILES string of the molecule is Cc1c(C(=O)NC(=S)N2CCN(c3cccc(Cl)c3)CC2)cccc1[N+](=O)[O-]. The van der Waals surface area contributed by atoms with Gasteiger partial charge in [-0.25, -0.2) is 0 Å². The van der Waals surface area contributed by atoms with Crippen LogP contribution in [0.25, 0.3) is 0 Å². The van der Waals surface area contributed by atoms with E-state index < -0.39 is 10.8 Å². The Balaban J connectivity index is 1.61. The first-order chi connectivity index (χ1) is 13.4. The molecule has 1 saturated heterocycles. The van der Waals surface area contributed by atoms with E-state index >= 15 is 0 Å². The van der Waals surface area contributed by atoms with Gasteiger partial charge in [-0.2, -0.15) is 0 Å². The Kier molecular flexibility index (Phi) is 6.11. The van der Waals surface area contributed by atoms with Gasteiger partial charge in [0.1, 0.15) is 0 Å². The van der Waals surface area contributed by atoms with Crippen molar-refractivity contribution < 1.29 is 9.72 Å². The van der Waals surface area contributed by atoms with Gasteiger partial charge in [0.2, 0.25) is 0 Å². The fourth-order valence-corrected chi connectivity index (χ4v) is 3.61. The predicted molar refractivity (Wildman–Crippen MR) is 113 cm³/mol. The number of nitrogens with one attached hydrogen (secondary N) is 1. The minimum Gasteiger partial charge on any atom is -0.368 e. The molecule has 0 aliphatic carbocycles. The highest BCUT2D eigenvalue weighted by Gasteiger charge is 2.23. The standard InChI is InChI=1S/C19H19ClN4O3S/c1-13-16(6-3-7-17(13)24(26)27)18(25)21-19(28)23-10-8-22(9-11-23)15-5-2-4-14(20)12-15/h2-7,12H,8-11H2,1H3,(H,21,25,28). The number of nitrogens with zero attached hydrogens (tertiary/aromatic N) is 3. The van der Waals surface area contributed by atoms with Crippen LogP contribution in [-0.4, -0.2) is 47.0 Å². The summed E-state index contributed by atoms with van der Waals surface area (Å²) in [7, 11) is 0. The van der Waals surface area contributed by atoms with Crippen molar-refractivity contribution in [2.75, 3.05) is 31.1 Å². The number of amides is 1. The molecule has 0 spiro atoms. The quantitative estimate of drug-likeness (QED) is 0.467. The van der Waals surface area contributed by atoms with E-state index in [9.17, 15) is 14.9 Å². The van der Waals surface area contributed by atoms with Gasteiger partial charge in [0.15, 0.2) is 5.11 Å². The first kappa shape index (κ1) is 20.0. The van der Waals surface area contributed by atoms with E-state index in [0.29, 0.717) is 28.8 Å². The predicted octanol–water partition coefficient (Wildman–Crippen LogP) is 3.39. The van der Waals surface area contributed by atoms with Crippen LogP contribution >= 0.6 is 23.8 Å². The van der Waals surface area contributed by atoms with Crippen molar-refractivity contribution in [2.45, 2.75) is 6.92 Å². The summed E-state index contributed by atoms with van der Waals surface area (Å²) in [4.78, 5) is 27.2. The molecule has 9 heteroatoms. The van der Waals surface area contributed by atoms with E-state index in [-0.39, 0.29) is 11.3 Å². The fourth-order valence-electron chi connectivity index (χ4n) is 3.15. The zero-order chi connectivity index (χ0) is 20.3. The number of carbonyl (C=O) groups excluding carboxylic acids is 1. The third-order valence-corrected chi connectivity index (χ3v) is 5.30. The largest absolute Gasteiger partial charge is 0.368 e. The molecule has 2 aromatic carbocycles. The molecule has 28 heavy (non-hydrogen) atoms. The summed E-state index contributed by atoms with van der Waals surface area (Å²) >= 11 is 11.4. The first-order valence-corrected chi connectivity index (χ1v) is 9.50. The molecule has 0 radical (unpaired) electrons. The van der Waals surface area contributed by atoms with Gasteiger partial charge in [0.25, 0.3) is 11.6 Å². The second-order valence-corrected chi connectivity index (χ2v) is 7.24. The number of anilines is 1. The fraction of sp³-hybridized carbons (Fsp3) is 0.263. The second kappa shape index (κ2) is 8.53. The van der Waals surface area contributed by atoms with Gasteiger partial charge in [-0.3, -0.25) is 20.2 Å². The highest BCUT2D eigenvalue weighted by atomic mass is 35.5. The van der Waals surface area contributed by atoms with Crippen LogP contribution in [0.4, 0.5) is 11.4 Å². The van der Waals surface area contributed by atoms with Crippen molar-refractivity contribution in [3.63, 3.8) is 0 Å². The second-order valence-electron chi connectivity index (χ2n) is 6.42. The zero-order valence-corrected chi connectivity index (χ0v) is 16.8. The van der Waals surface area contributed by atoms with Crippen LogP contribution in [0.1, 0.15) is 15.9 Å². The molecule has 0 aromatic heterocycles. The summed E-state index contributed by atoms with van der Waals surface area (Å²) in [6.45, 7) is 4.34. The van der Waals surface area contributed by atoms with Gasteiger partial charge in [-0.05, 0) is 43.4 Å². The summed E-state index contributed by atoms with van der Waals surface area (Å²) in [5.74, 6) is -0.441. The van der Waals surface area contributed by atoms with E-state index in [1.54, 1.807) is 13.0 Å². The van der Waals surface area contributed by atoms with E-state index in [1.165, 1.54) is 12.1 Å². The molecule has 1 heterocycles. The average Bonchev–Trinajstić information content (AvgIpc) is 2.68. The molecule has 1 fully saturated rings. The number of hydrogen-bond acceptors (Lipinski definition) is 5. The number of nitro benzene ring substituents is 1. The molecule has 3 rings (SSSR count). The number of hydrogen-bond donors (Lipinski definition) is 1. The molecule has 2 aromatic rings. The highest BCUT2D eigenvalue weighted by Crippen LogP contribution is 2.22. The van der Waals surface area contributed by atoms with Crippen LogP contribution in [0, 0.1) is 17.0 Å². The van der Waals surface area contributed by atoms with E-state index in [1.807, 2.05) is 29.2 Å². The molecule has 1 aliphatic rings. The summed E-state index contributed by atoms with van der Waals surface area (Å²) in [5.41, 5.74) is 1.52. The lowest BCUT2D eigenvalue weighted by atomic mass is 10.1. The lowest BCUT2D eigenvalue weighted by molar-refractivity contribution is -0.385. The Labute approximate surface area is 173 Å². The molecular formula is C19H19ClN4O3S. The number of halogens is 1. The van der Waals surface area contributed by atoms with E-state index in [4.69, 9.17) is 23.8 Å². The first-order valence-electron chi connectivity index (χ1n) is 8.71. The highest BCUT2D eigenvalue weighted by molar-refractivity contribution is 7.80. The maximum atomic E-state index is 12.5. The third kappa shape index (κ3) is 4.40. The minimum absolute atomic E-state index is 0.0892. The van der Waals surface area contributed by atoms with Crippen molar-refractivity contribution in [1.29, 1.82) is 0 Å². The molecular weight excluding hydrogens is 400 g/mol. The summed E-state index contributed by atoms with van der Waals surface area (Å²) in [5, 5.41) is 14.8. The smallest absolute Gasteiger partial charge is 0.273 e. The van der Waals surface area contributed by atoms with Crippen LogP contribution in [0.3, 0.4) is 0 Å². The van der Waals surface area contributed by atoms with Gasteiger partial charge in [-0.15, -0.1) is 0 Å². The van der Waals surface area contributed by atoms with E-state index in [0.717, 1.165) is 18.8 Å². The number of nitro groups is 1. The Morgan fingerprint density at radius 1 is 1.18 bits per heavy atom. The number of thiocarbonyl (C=S) groups is 1. The average molecular weight is 419 g/mol. The third-order valence-electron chi connectivity index (χ3n) is 4.71. The summed E-state index contributed by atoms with van der Waals surface area (Å²) in [6, 6.07) is 12.1. The van der Waals surface area contributed by atoms with Crippen LogP contribution in [0.15, 0.2) is 42.5 Å². The van der Waals surface area contributed by atoms with Crippen LogP contribution in [-0.2, 0) is 0 Å². The summed E-state index contributed by atoms with van der Waals surface area (Å²) in [6.07, 6.45) is 0. The van der Waals surface area contributed by atoms with Crippen molar-refractivity contribution in [3.05, 3.63) is 68.7 Å². The number of piperazine rings is 1. The van der Waals surface area contributed by atoms with Crippen LogP contribution in [0.5, 0.6) is 0 Å². The molecule has 146 valence electrons. The number of rotatable bonds is 3. The molecule has 1 aliphatic heterocycles. The Bertz CT molecular complexity index is 929. The molecule has 1 amide bonds. The molecule has 0 bridgehead atoms. The van der Waals surface area contributed by atoms with Gasteiger partial charge >= 0.3 is 0 Å². The van der Waals surface area contributed by atoms with Crippen molar-refractivity contribution >= 4 is 46.2 Å². The monoisotopic (exact) mass is 418 g/mol. The lowest BCUT2D eigenvalue weighted by Gasteiger charge is -2.37. The van der Waals surface area contributed by atoms with Gasteiger partial charge in [0.05, 0.1) is 4.92 Å². The minimum atomic E-state index is -0.501. The molecule has 1 N–H and O–H groups in total. The topological polar surface area (TPSA) is 78.7 Å². The Morgan fingerprint density at radius 2 is 1.86 bits per heavy atom. The molecule has 0 atom stereocenters. The maximum Gasteiger partial charge on any atom is 0.273 e. The van der Waals surface area contributed by atoms with Gasteiger partial charge in [0, 0.05) is 54.1 Å². The van der Waals surface area contributed by atoms with Crippen molar-refractivity contribution in [2.24, 2.45) is 0 Å². The normalized spacial score (nSPS) is 13.9. The number of benzene rings is 2.